The number of methoxy groups -OCH3 is 1. The first kappa shape index (κ1) is 20.2. The SMILES string of the molecule is COc1cc(/C=C2/Sc3ccccc3C2=O)ccc1Oc1ccc([N+](=O)[O-])cc1C#N. The van der Waals surface area contributed by atoms with Crippen LogP contribution in [0.15, 0.2) is 70.5 Å². The summed E-state index contributed by atoms with van der Waals surface area (Å²) in [7, 11) is 1.48. The van der Waals surface area contributed by atoms with Crippen LogP contribution >= 0.6 is 11.8 Å². The number of nitro benzene ring substituents is 1. The monoisotopic (exact) mass is 430 g/mol. The van der Waals surface area contributed by atoms with E-state index in [1.807, 2.05) is 24.3 Å². The van der Waals surface area contributed by atoms with Crippen molar-refractivity contribution in [3.63, 3.8) is 0 Å². The molecule has 0 saturated heterocycles. The lowest BCUT2D eigenvalue weighted by molar-refractivity contribution is -0.384. The predicted molar refractivity (Wildman–Crippen MR) is 115 cm³/mol. The van der Waals surface area contributed by atoms with Crippen LogP contribution in [0.2, 0.25) is 0 Å². The molecule has 8 heteroatoms. The Morgan fingerprint density at radius 3 is 2.55 bits per heavy atom. The first-order valence-electron chi connectivity index (χ1n) is 9.08. The van der Waals surface area contributed by atoms with E-state index >= 15 is 0 Å². The number of thioether (sulfide) groups is 1. The maximum absolute atomic E-state index is 12.6. The minimum absolute atomic E-state index is 0.0237. The Hall–Kier alpha value is -4.09. The first-order valence-corrected chi connectivity index (χ1v) is 9.89. The summed E-state index contributed by atoms with van der Waals surface area (Å²) in [6.07, 6.45) is 1.78. The third-order valence-corrected chi connectivity index (χ3v) is 5.67. The zero-order valence-corrected chi connectivity index (χ0v) is 17.0. The van der Waals surface area contributed by atoms with Crippen molar-refractivity contribution in [1.29, 1.82) is 5.26 Å². The third-order valence-electron chi connectivity index (χ3n) is 4.58. The second-order valence-electron chi connectivity index (χ2n) is 6.50. The van der Waals surface area contributed by atoms with Gasteiger partial charge in [-0.25, -0.2) is 0 Å². The lowest BCUT2D eigenvalue weighted by atomic mass is 10.1. The van der Waals surface area contributed by atoms with Crippen molar-refractivity contribution in [1.82, 2.24) is 0 Å². The molecule has 3 aromatic carbocycles. The van der Waals surface area contributed by atoms with Crippen LogP contribution in [0.5, 0.6) is 17.2 Å². The Morgan fingerprint density at radius 1 is 1.06 bits per heavy atom. The second-order valence-corrected chi connectivity index (χ2v) is 7.58. The summed E-state index contributed by atoms with van der Waals surface area (Å²) in [5, 5.41) is 20.2. The summed E-state index contributed by atoms with van der Waals surface area (Å²) in [6.45, 7) is 0. The van der Waals surface area contributed by atoms with Crippen LogP contribution in [0, 0.1) is 21.4 Å². The van der Waals surface area contributed by atoms with Crippen molar-refractivity contribution in [2.45, 2.75) is 4.90 Å². The molecule has 0 fully saturated rings. The number of nitrogens with zero attached hydrogens (tertiary/aromatic N) is 2. The van der Waals surface area contributed by atoms with Gasteiger partial charge in [-0.05, 0) is 42.0 Å². The molecule has 1 aliphatic heterocycles. The lowest BCUT2D eigenvalue weighted by Gasteiger charge is -2.12. The molecule has 1 aliphatic rings. The summed E-state index contributed by atoms with van der Waals surface area (Å²) in [4.78, 5) is 24.5. The van der Waals surface area contributed by atoms with E-state index in [2.05, 4.69) is 0 Å². The van der Waals surface area contributed by atoms with Gasteiger partial charge in [0.1, 0.15) is 17.4 Å². The van der Waals surface area contributed by atoms with Gasteiger partial charge in [-0.15, -0.1) is 0 Å². The summed E-state index contributed by atoms with van der Waals surface area (Å²) in [5.41, 5.74) is 1.27. The molecule has 0 unspecified atom stereocenters. The van der Waals surface area contributed by atoms with Crippen molar-refractivity contribution in [2.75, 3.05) is 7.11 Å². The summed E-state index contributed by atoms with van der Waals surface area (Å²) in [6, 6.07) is 18.3. The fourth-order valence-corrected chi connectivity index (χ4v) is 4.12. The molecule has 0 aliphatic carbocycles. The molecule has 0 amide bonds. The lowest BCUT2D eigenvalue weighted by Crippen LogP contribution is -1.96. The van der Waals surface area contributed by atoms with Gasteiger partial charge >= 0.3 is 0 Å². The van der Waals surface area contributed by atoms with Crippen molar-refractivity contribution in [3.8, 4) is 23.3 Å². The van der Waals surface area contributed by atoms with E-state index in [9.17, 15) is 20.2 Å². The first-order chi connectivity index (χ1) is 15.0. The second kappa shape index (κ2) is 8.34. The van der Waals surface area contributed by atoms with Crippen LogP contribution in [0.3, 0.4) is 0 Å². The molecule has 0 spiro atoms. The number of carbonyl (C=O) groups is 1. The molecule has 0 radical (unpaired) electrons. The average Bonchev–Trinajstić information content (AvgIpc) is 3.10. The summed E-state index contributed by atoms with van der Waals surface area (Å²) >= 11 is 1.42. The van der Waals surface area contributed by atoms with Crippen LogP contribution in [-0.4, -0.2) is 17.8 Å². The van der Waals surface area contributed by atoms with Gasteiger partial charge in [0.05, 0.1) is 16.9 Å². The van der Waals surface area contributed by atoms with Crippen LogP contribution in [-0.2, 0) is 0 Å². The van der Waals surface area contributed by atoms with Crippen LogP contribution < -0.4 is 9.47 Å². The standard InChI is InChI=1S/C23H14N2O5S/c1-29-20-10-14(11-22-23(26)17-4-2-3-5-21(17)31-22)6-8-19(20)30-18-9-7-16(25(27)28)12-15(18)13-24/h2-12H,1H3/b22-11+. The van der Waals surface area contributed by atoms with E-state index in [4.69, 9.17) is 9.47 Å². The molecule has 31 heavy (non-hydrogen) atoms. The molecule has 0 N–H and O–H groups in total. The van der Waals surface area contributed by atoms with Gasteiger partial charge in [0, 0.05) is 22.6 Å². The normalized spacial score (nSPS) is 13.5. The number of carbonyl (C=O) groups excluding carboxylic acids is 1. The van der Waals surface area contributed by atoms with Crippen molar-refractivity contribution in [2.24, 2.45) is 0 Å². The van der Waals surface area contributed by atoms with Gasteiger partial charge < -0.3 is 9.47 Å². The maximum Gasteiger partial charge on any atom is 0.271 e. The fraction of sp³-hybridized carbons (Fsp3) is 0.0435. The van der Waals surface area contributed by atoms with Gasteiger partial charge in [-0.1, -0.05) is 30.0 Å². The van der Waals surface area contributed by atoms with Gasteiger partial charge in [0.25, 0.3) is 5.69 Å². The Balaban J connectivity index is 1.62. The number of nitriles is 1. The third kappa shape index (κ3) is 3.99. The number of non-ortho nitro benzene ring substituents is 1. The van der Waals surface area contributed by atoms with E-state index in [0.29, 0.717) is 22.0 Å². The molecular formula is C23H14N2O5S. The molecule has 0 bridgehead atoms. The number of ketones is 1. The quantitative estimate of drug-likeness (QED) is 0.295. The molecule has 152 valence electrons. The number of benzene rings is 3. The van der Waals surface area contributed by atoms with Crippen LogP contribution in [0.1, 0.15) is 21.5 Å². The van der Waals surface area contributed by atoms with E-state index < -0.39 is 4.92 Å². The Kier molecular flexibility index (Phi) is 5.43. The number of rotatable bonds is 5. The highest BCUT2D eigenvalue weighted by atomic mass is 32.2. The zero-order valence-electron chi connectivity index (χ0n) is 16.2. The minimum Gasteiger partial charge on any atom is -0.493 e. The number of ether oxygens (including phenoxy) is 2. The number of hydrogen-bond acceptors (Lipinski definition) is 7. The number of allylic oxidation sites excluding steroid dienone is 1. The molecule has 0 atom stereocenters. The topological polar surface area (TPSA) is 102 Å². The molecule has 7 nitrogen and oxygen atoms in total. The fourth-order valence-electron chi connectivity index (χ4n) is 3.07. The van der Waals surface area contributed by atoms with Gasteiger partial charge in [0.15, 0.2) is 11.5 Å². The Morgan fingerprint density at radius 2 is 1.84 bits per heavy atom. The predicted octanol–water partition coefficient (Wildman–Crippen LogP) is 5.60. The Labute approximate surface area is 181 Å². The average molecular weight is 430 g/mol. The van der Waals surface area contributed by atoms with Gasteiger partial charge in [-0.2, -0.15) is 5.26 Å². The molecule has 0 saturated carbocycles. The number of hydrogen-bond donors (Lipinski definition) is 0. The number of nitro groups is 1. The van der Waals surface area contributed by atoms with Crippen LogP contribution in [0.4, 0.5) is 5.69 Å². The minimum atomic E-state index is -0.575. The smallest absolute Gasteiger partial charge is 0.271 e. The summed E-state index contributed by atoms with van der Waals surface area (Å²) < 4.78 is 11.2. The van der Waals surface area contributed by atoms with E-state index in [1.165, 1.54) is 31.0 Å². The molecule has 1 heterocycles. The highest BCUT2D eigenvalue weighted by molar-refractivity contribution is 8.04. The van der Waals surface area contributed by atoms with E-state index in [0.717, 1.165) is 16.5 Å². The highest BCUT2D eigenvalue weighted by Crippen LogP contribution is 2.41. The highest BCUT2D eigenvalue weighted by Gasteiger charge is 2.25. The molecule has 4 rings (SSSR count). The van der Waals surface area contributed by atoms with Crippen molar-refractivity contribution in [3.05, 3.63) is 92.4 Å². The zero-order chi connectivity index (χ0) is 22.0. The number of Topliss-reactive ketones (excluding diaryl/α,β-unsaturated/α-hetero) is 1. The van der Waals surface area contributed by atoms with Crippen molar-refractivity contribution < 1.29 is 19.2 Å². The van der Waals surface area contributed by atoms with Crippen molar-refractivity contribution >= 4 is 29.3 Å². The van der Waals surface area contributed by atoms with Gasteiger partial charge in [-0.3, -0.25) is 14.9 Å². The van der Waals surface area contributed by atoms with E-state index in [1.54, 1.807) is 30.3 Å². The van der Waals surface area contributed by atoms with E-state index in [-0.39, 0.29) is 22.8 Å². The largest absolute Gasteiger partial charge is 0.493 e. The summed E-state index contributed by atoms with van der Waals surface area (Å²) in [5.74, 6) is 0.882. The van der Waals surface area contributed by atoms with Crippen LogP contribution in [0.25, 0.3) is 6.08 Å². The van der Waals surface area contributed by atoms with Gasteiger partial charge in [0.2, 0.25) is 5.78 Å². The molecule has 3 aromatic rings. The molecule has 0 aromatic heterocycles. The molecular weight excluding hydrogens is 416 g/mol. The maximum atomic E-state index is 12.6. The Bertz CT molecular complexity index is 1290. The number of fused-ring (bicyclic) bond motifs is 1.